The first-order valence-corrected chi connectivity index (χ1v) is 8.62. The van der Waals surface area contributed by atoms with Crippen molar-refractivity contribution in [2.45, 2.75) is 65.7 Å². The van der Waals surface area contributed by atoms with E-state index in [1.54, 1.807) is 0 Å². The summed E-state index contributed by atoms with van der Waals surface area (Å²) in [5.74, 6) is 1.38. The lowest BCUT2D eigenvalue weighted by Gasteiger charge is -2.46. The predicted molar refractivity (Wildman–Crippen MR) is 93.8 cm³/mol. The van der Waals surface area contributed by atoms with Crippen molar-refractivity contribution in [1.29, 1.82) is 0 Å². The molecule has 5 heteroatoms. The molecule has 0 saturated carbocycles. The van der Waals surface area contributed by atoms with Gasteiger partial charge in [-0.1, -0.05) is 32.9 Å². The van der Waals surface area contributed by atoms with Gasteiger partial charge in [-0.25, -0.2) is 4.79 Å². The highest BCUT2D eigenvalue weighted by molar-refractivity contribution is 5.66. The van der Waals surface area contributed by atoms with Crippen molar-refractivity contribution in [3.05, 3.63) is 24.3 Å². The molecule has 1 fully saturated rings. The Morgan fingerprint density at radius 2 is 1.88 bits per heavy atom. The lowest BCUT2D eigenvalue weighted by molar-refractivity contribution is -0.0197. The van der Waals surface area contributed by atoms with Gasteiger partial charge in [0.15, 0.2) is 11.5 Å². The maximum Gasteiger partial charge on any atom is 0.407 e. The standard InChI is InChI=1S/C19H29NO4/c1-13(2)23-14-9-6-7-10-15(14)24-16-11-8-12-20(18(21)22)17(16)19(3,4)5/h6-7,9-10,13,16-17H,8,11-12H2,1-5H3,(H,21,22). The number of carbonyl (C=O) groups is 1. The number of hydrogen-bond acceptors (Lipinski definition) is 3. The minimum Gasteiger partial charge on any atom is -0.487 e. The van der Waals surface area contributed by atoms with E-state index < -0.39 is 6.09 Å². The highest BCUT2D eigenvalue weighted by Crippen LogP contribution is 2.37. The summed E-state index contributed by atoms with van der Waals surface area (Å²) in [6, 6.07) is 7.40. The monoisotopic (exact) mass is 335 g/mol. The van der Waals surface area contributed by atoms with Crippen molar-refractivity contribution in [2.24, 2.45) is 5.41 Å². The van der Waals surface area contributed by atoms with E-state index in [-0.39, 0.29) is 23.7 Å². The highest BCUT2D eigenvalue weighted by atomic mass is 16.5. The van der Waals surface area contributed by atoms with Crippen molar-refractivity contribution < 1.29 is 19.4 Å². The van der Waals surface area contributed by atoms with Gasteiger partial charge in [0, 0.05) is 6.54 Å². The van der Waals surface area contributed by atoms with Gasteiger partial charge >= 0.3 is 6.09 Å². The van der Waals surface area contributed by atoms with Crippen LogP contribution in [0.5, 0.6) is 11.5 Å². The normalized spacial score (nSPS) is 21.7. The summed E-state index contributed by atoms with van der Waals surface area (Å²) in [5, 5.41) is 9.58. The first-order valence-electron chi connectivity index (χ1n) is 8.62. The molecule has 0 spiro atoms. The summed E-state index contributed by atoms with van der Waals surface area (Å²) in [4.78, 5) is 13.2. The number of hydrogen-bond donors (Lipinski definition) is 1. The molecule has 2 atom stereocenters. The molecule has 0 aromatic heterocycles. The molecule has 2 unspecified atom stereocenters. The molecule has 1 aromatic carbocycles. The topological polar surface area (TPSA) is 59.0 Å². The minimum atomic E-state index is -0.880. The summed E-state index contributed by atoms with van der Waals surface area (Å²) in [5.41, 5.74) is -0.211. The Labute approximate surface area is 144 Å². The number of ether oxygens (including phenoxy) is 2. The van der Waals surface area contributed by atoms with Crippen LogP contribution in [-0.4, -0.2) is 40.9 Å². The van der Waals surface area contributed by atoms with Crippen LogP contribution in [0.1, 0.15) is 47.5 Å². The van der Waals surface area contributed by atoms with Crippen molar-refractivity contribution >= 4 is 6.09 Å². The van der Waals surface area contributed by atoms with Gasteiger partial charge in [-0.05, 0) is 44.2 Å². The van der Waals surface area contributed by atoms with Crippen LogP contribution in [0.4, 0.5) is 4.79 Å². The van der Waals surface area contributed by atoms with Gasteiger partial charge in [-0.3, -0.25) is 0 Å². The van der Waals surface area contributed by atoms with Gasteiger partial charge in [-0.15, -0.1) is 0 Å². The second kappa shape index (κ2) is 7.32. The Bertz CT molecular complexity index is 565. The molecule has 24 heavy (non-hydrogen) atoms. The molecular formula is C19H29NO4. The van der Waals surface area contributed by atoms with Crippen LogP contribution in [0.3, 0.4) is 0 Å². The van der Waals surface area contributed by atoms with Gasteiger partial charge in [0.2, 0.25) is 0 Å². The van der Waals surface area contributed by atoms with Crippen LogP contribution in [0.2, 0.25) is 0 Å². The number of carboxylic acid groups (broad SMARTS) is 1. The fourth-order valence-corrected chi connectivity index (χ4v) is 3.39. The average molecular weight is 335 g/mol. The summed E-state index contributed by atoms with van der Waals surface area (Å²) in [6.07, 6.45) is 0.620. The van der Waals surface area contributed by atoms with Crippen molar-refractivity contribution in [2.75, 3.05) is 6.54 Å². The summed E-state index contributed by atoms with van der Waals surface area (Å²) in [6.45, 7) is 10.7. The fraction of sp³-hybridized carbons (Fsp3) is 0.632. The summed E-state index contributed by atoms with van der Waals surface area (Å²) < 4.78 is 12.1. The minimum absolute atomic E-state index is 0.0510. The van der Waals surface area contributed by atoms with Crippen LogP contribution in [0, 0.1) is 5.41 Å². The second-order valence-electron chi connectivity index (χ2n) is 7.70. The molecule has 5 nitrogen and oxygen atoms in total. The molecule has 1 amide bonds. The number of benzene rings is 1. The molecule has 0 bridgehead atoms. The zero-order valence-electron chi connectivity index (χ0n) is 15.3. The van der Waals surface area contributed by atoms with E-state index in [0.717, 1.165) is 12.8 Å². The van der Waals surface area contributed by atoms with Gasteiger partial charge in [0.25, 0.3) is 0 Å². The first kappa shape index (κ1) is 18.4. The van der Waals surface area contributed by atoms with Crippen LogP contribution < -0.4 is 9.47 Å². The fourth-order valence-electron chi connectivity index (χ4n) is 3.39. The van der Waals surface area contributed by atoms with Gasteiger partial charge in [0.1, 0.15) is 6.10 Å². The molecule has 0 aliphatic carbocycles. The molecule has 1 heterocycles. The quantitative estimate of drug-likeness (QED) is 0.885. The highest BCUT2D eigenvalue weighted by Gasteiger charge is 2.43. The van der Waals surface area contributed by atoms with E-state index >= 15 is 0 Å². The van der Waals surface area contributed by atoms with Crippen LogP contribution in [0.15, 0.2) is 24.3 Å². The summed E-state index contributed by atoms with van der Waals surface area (Å²) >= 11 is 0. The van der Waals surface area contributed by atoms with Crippen LogP contribution in [0.25, 0.3) is 0 Å². The molecule has 134 valence electrons. The van der Waals surface area contributed by atoms with E-state index in [0.29, 0.717) is 18.0 Å². The van der Waals surface area contributed by atoms with Crippen LogP contribution in [-0.2, 0) is 0 Å². The molecule has 1 aliphatic rings. The van der Waals surface area contributed by atoms with E-state index in [1.807, 2.05) is 38.1 Å². The Balaban J connectivity index is 2.28. The van der Waals surface area contributed by atoms with Crippen molar-refractivity contribution in [3.63, 3.8) is 0 Å². The maximum absolute atomic E-state index is 11.7. The number of rotatable bonds is 4. The summed E-state index contributed by atoms with van der Waals surface area (Å²) in [7, 11) is 0. The Morgan fingerprint density at radius 3 is 2.42 bits per heavy atom. The zero-order chi connectivity index (χ0) is 17.9. The Morgan fingerprint density at radius 1 is 1.25 bits per heavy atom. The number of piperidine rings is 1. The maximum atomic E-state index is 11.7. The van der Waals surface area contributed by atoms with E-state index in [2.05, 4.69) is 20.8 Å². The predicted octanol–water partition coefficient (Wildman–Crippen LogP) is 4.41. The SMILES string of the molecule is CC(C)Oc1ccccc1OC1CCCN(C(=O)O)C1C(C)(C)C. The Kier molecular flexibility index (Phi) is 5.62. The molecule has 2 rings (SSSR count). The number of likely N-dealkylation sites (tertiary alicyclic amines) is 1. The third-order valence-corrected chi connectivity index (χ3v) is 4.20. The average Bonchev–Trinajstić information content (AvgIpc) is 2.47. The van der Waals surface area contributed by atoms with Crippen LogP contribution >= 0.6 is 0 Å². The van der Waals surface area contributed by atoms with E-state index in [4.69, 9.17) is 9.47 Å². The number of para-hydroxylation sites is 2. The van der Waals surface area contributed by atoms with Gasteiger partial charge in [-0.2, -0.15) is 0 Å². The van der Waals surface area contributed by atoms with Gasteiger partial charge < -0.3 is 19.5 Å². The van der Waals surface area contributed by atoms with E-state index in [1.165, 1.54) is 4.90 Å². The van der Waals surface area contributed by atoms with E-state index in [9.17, 15) is 9.90 Å². The zero-order valence-corrected chi connectivity index (χ0v) is 15.3. The third-order valence-electron chi connectivity index (χ3n) is 4.20. The second-order valence-corrected chi connectivity index (χ2v) is 7.70. The lowest BCUT2D eigenvalue weighted by Crippen LogP contribution is -2.58. The molecule has 1 aliphatic heterocycles. The lowest BCUT2D eigenvalue weighted by atomic mass is 9.79. The molecule has 0 radical (unpaired) electrons. The molecule has 1 aromatic rings. The van der Waals surface area contributed by atoms with Crippen molar-refractivity contribution in [1.82, 2.24) is 4.90 Å². The molecular weight excluding hydrogens is 306 g/mol. The number of nitrogens with zero attached hydrogens (tertiary/aromatic N) is 1. The Hall–Kier alpha value is -1.91. The largest absolute Gasteiger partial charge is 0.487 e. The smallest absolute Gasteiger partial charge is 0.407 e. The molecule has 1 N–H and O–H groups in total. The first-order chi connectivity index (χ1) is 11.2. The molecule has 1 saturated heterocycles. The third kappa shape index (κ3) is 4.34. The van der Waals surface area contributed by atoms with Gasteiger partial charge in [0.05, 0.1) is 12.1 Å². The number of amides is 1. The van der Waals surface area contributed by atoms with Crippen molar-refractivity contribution in [3.8, 4) is 11.5 Å².